The van der Waals surface area contributed by atoms with Crippen LogP contribution in [0.5, 0.6) is 0 Å². The van der Waals surface area contributed by atoms with E-state index in [-0.39, 0.29) is 17.7 Å². The molecule has 1 aliphatic carbocycles. The third-order valence-electron chi connectivity index (χ3n) is 4.93. The van der Waals surface area contributed by atoms with Gasteiger partial charge in [-0.2, -0.15) is 5.10 Å². The first-order chi connectivity index (χ1) is 13.6. The summed E-state index contributed by atoms with van der Waals surface area (Å²) in [7, 11) is 0. The molecule has 3 aromatic rings. The molecule has 2 N–H and O–H groups in total. The highest BCUT2D eigenvalue weighted by Crippen LogP contribution is 2.38. The Kier molecular flexibility index (Phi) is 4.93. The summed E-state index contributed by atoms with van der Waals surface area (Å²) < 4.78 is 1.83. The van der Waals surface area contributed by atoms with Crippen LogP contribution in [0.25, 0.3) is 0 Å². The van der Waals surface area contributed by atoms with Crippen molar-refractivity contribution >= 4 is 23.2 Å². The van der Waals surface area contributed by atoms with Crippen molar-refractivity contribution in [1.82, 2.24) is 9.78 Å². The monoisotopic (exact) mass is 374 g/mol. The molecule has 28 heavy (non-hydrogen) atoms. The van der Waals surface area contributed by atoms with Crippen LogP contribution >= 0.6 is 0 Å². The lowest BCUT2D eigenvalue weighted by Gasteiger charge is -2.10. The van der Waals surface area contributed by atoms with E-state index in [1.165, 1.54) is 0 Å². The molecule has 0 spiro atoms. The smallest absolute Gasteiger partial charge is 0.255 e. The zero-order valence-electron chi connectivity index (χ0n) is 15.6. The number of carbonyl (C=O) groups is 2. The van der Waals surface area contributed by atoms with Crippen molar-refractivity contribution in [2.45, 2.75) is 19.9 Å². The summed E-state index contributed by atoms with van der Waals surface area (Å²) in [6, 6.07) is 16.6. The summed E-state index contributed by atoms with van der Waals surface area (Å²) in [5.41, 5.74) is 2.90. The van der Waals surface area contributed by atoms with E-state index in [4.69, 9.17) is 0 Å². The standard InChI is InChI=1S/C22H22N4O2/c1-15-11-20(15)22(28)25-19-8-3-6-17(13-19)21(27)24-18-7-2-5-16(12-18)14-26-10-4-9-23-26/h2-10,12-13,15,20H,11,14H2,1H3,(H,24,27)(H,25,28)/t15-,20-/m1/s1. The molecule has 142 valence electrons. The number of rotatable bonds is 6. The van der Waals surface area contributed by atoms with Crippen LogP contribution in [0.1, 0.15) is 29.3 Å². The van der Waals surface area contributed by atoms with E-state index in [1.54, 1.807) is 30.5 Å². The lowest BCUT2D eigenvalue weighted by Crippen LogP contribution is -2.16. The molecular formula is C22H22N4O2. The van der Waals surface area contributed by atoms with Gasteiger partial charge in [-0.05, 0) is 54.3 Å². The summed E-state index contributed by atoms with van der Waals surface area (Å²) in [5.74, 6) is 0.346. The van der Waals surface area contributed by atoms with Gasteiger partial charge in [0.15, 0.2) is 0 Å². The molecule has 0 saturated heterocycles. The van der Waals surface area contributed by atoms with E-state index in [0.29, 0.717) is 23.7 Å². The van der Waals surface area contributed by atoms with Crippen LogP contribution in [0.4, 0.5) is 11.4 Å². The Balaban J connectivity index is 1.42. The molecule has 2 atom stereocenters. The molecule has 2 amide bonds. The maximum absolute atomic E-state index is 12.6. The molecule has 6 heteroatoms. The molecule has 1 heterocycles. The first-order valence-electron chi connectivity index (χ1n) is 9.37. The Morgan fingerprint density at radius 3 is 2.54 bits per heavy atom. The van der Waals surface area contributed by atoms with Crippen LogP contribution in [0.3, 0.4) is 0 Å². The van der Waals surface area contributed by atoms with Crippen molar-refractivity contribution in [2.75, 3.05) is 10.6 Å². The zero-order chi connectivity index (χ0) is 19.5. The Hall–Kier alpha value is -3.41. The maximum Gasteiger partial charge on any atom is 0.255 e. The number of aromatic nitrogens is 2. The van der Waals surface area contributed by atoms with E-state index in [9.17, 15) is 9.59 Å². The second kappa shape index (κ2) is 7.68. The first kappa shape index (κ1) is 18.0. The molecule has 1 aromatic heterocycles. The van der Waals surface area contributed by atoms with Crippen LogP contribution in [0.2, 0.25) is 0 Å². The molecule has 0 radical (unpaired) electrons. The highest BCUT2D eigenvalue weighted by atomic mass is 16.2. The highest BCUT2D eigenvalue weighted by Gasteiger charge is 2.39. The van der Waals surface area contributed by atoms with E-state index in [1.807, 2.05) is 41.2 Å². The molecule has 1 fully saturated rings. The second-order valence-corrected chi connectivity index (χ2v) is 7.25. The Morgan fingerprint density at radius 1 is 1.07 bits per heavy atom. The van der Waals surface area contributed by atoms with E-state index >= 15 is 0 Å². The van der Waals surface area contributed by atoms with Crippen molar-refractivity contribution < 1.29 is 9.59 Å². The normalized spacial score (nSPS) is 17.8. The van der Waals surface area contributed by atoms with Gasteiger partial charge in [0.25, 0.3) is 5.91 Å². The second-order valence-electron chi connectivity index (χ2n) is 7.25. The minimum atomic E-state index is -0.216. The minimum Gasteiger partial charge on any atom is -0.326 e. The fourth-order valence-electron chi connectivity index (χ4n) is 3.19. The van der Waals surface area contributed by atoms with E-state index < -0.39 is 0 Å². The van der Waals surface area contributed by atoms with Crippen molar-refractivity contribution in [3.8, 4) is 0 Å². The predicted molar refractivity (Wildman–Crippen MR) is 108 cm³/mol. The number of carbonyl (C=O) groups excluding carboxylic acids is 2. The Morgan fingerprint density at radius 2 is 1.82 bits per heavy atom. The molecule has 0 bridgehead atoms. The minimum absolute atomic E-state index is 0.0244. The summed E-state index contributed by atoms with van der Waals surface area (Å²) in [6.45, 7) is 2.70. The van der Waals surface area contributed by atoms with Gasteiger partial charge in [0.1, 0.15) is 0 Å². The molecular weight excluding hydrogens is 352 g/mol. The quantitative estimate of drug-likeness (QED) is 0.689. The third kappa shape index (κ3) is 4.28. The van der Waals surface area contributed by atoms with Gasteiger partial charge in [-0.3, -0.25) is 14.3 Å². The van der Waals surface area contributed by atoms with E-state index in [2.05, 4.69) is 22.7 Å². The average molecular weight is 374 g/mol. The molecule has 6 nitrogen and oxygen atoms in total. The third-order valence-corrected chi connectivity index (χ3v) is 4.93. The molecule has 1 saturated carbocycles. The van der Waals surface area contributed by atoms with Crippen LogP contribution in [0.15, 0.2) is 67.0 Å². The van der Waals surface area contributed by atoms with Crippen LogP contribution in [0, 0.1) is 11.8 Å². The van der Waals surface area contributed by atoms with Crippen LogP contribution in [-0.4, -0.2) is 21.6 Å². The molecule has 4 rings (SSSR count). The topological polar surface area (TPSA) is 76.0 Å². The molecule has 0 unspecified atom stereocenters. The van der Waals surface area contributed by atoms with Gasteiger partial charge >= 0.3 is 0 Å². The number of nitrogens with one attached hydrogen (secondary N) is 2. The number of benzene rings is 2. The lowest BCUT2D eigenvalue weighted by molar-refractivity contribution is -0.117. The van der Waals surface area contributed by atoms with Gasteiger partial charge in [0, 0.05) is 35.2 Å². The lowest BCUT2D eigenvalue weighted by atomic mass is 10.1. The van der Waals surface area contributed by atoms with Crippen molar-refractivity contribution in [1.29, 1.82) is 0 Å². The molecule has 2 aromatic carbocycles. The van der Waals surface area contributed by atoms with E-state index in [0.717, 1.165) is 17.7 Å². The average Bonchev–Trinajstić information content (AvgIpc) is 3.20. The highest BCUT2D eigenvalue weighted by molar-refractivity contribution is 6.05. The predicted octanol–water partition coefficient (Wildman–Crippen LogP) is 3.78. The number of anilines is 2. The Labute approximate surface area is 163 Å². The van der Waals surface area contributed by atoms with Crippen LogP contribution < -0.4 is 10.6 Å². The number of nitrogens with zero attached hydrogens (tertiary/aromatic N) is 2. The van der Waals surface area contributed by atoms with Crippen molar-refractivity contribution in [2.24, 2.45) is 11.8 Å². The van der Waals surface area contributed by atoms with Crippen molar-refractivity contribution in [3.63, 3.8) is 0 Å². The maximum atomic E-state index is 12.6. The number of amides is 2. The first-order valence-corrected chi connectivity index (χ1v) is 9.37. The fourth-order valence-corrected chi connectivity index (χ4v) is 3.19. The summed E-state index contributed by atoms with van der Waals surface area (Å²) in [5, 5.41) is 10.0. The summed E-state index contributed by atoms with van der Waals surface area (Å²) in [4.78, 5) is 24.7. The van der Waals surface area contributed by atoms with Crippen LogP contribution in [-0.2, 0) is 11.3 Å². The molecule has 0 aliphatic heterocycles. The van der Waals surface area contributed by atoms with Gasteiger partial charge in [-0.1, -0.05) is 25.1 Å². The van der Waals surface area contributed by atoms with Gasteiger partial charge in [-0.25, -0.2) is 0 Å². The van der Waals surface area contributed by atoms with Gasteiger partial charge in [0.05, 0.1) is 6.54 Å². The summed E-state index contributed by atoms with van der Waals surface area (Å²) >= 11 is 0. The summed E-state index contributed by atoms with van der Waals surface area (Å²) in [6.07, 6.45) is 4.57. The largest absolute Gasteiger partial charge is 0.326 e. The molecule has 1 aliphatic rings. The van der Waals surface area contributed by atoms with Gasteiger partial charge in [0.2, 0.25) is 5.91 Å². The zero-order valence-corrected chi connectivity index (χ0v) is 15.6. The van der Waals surface area contributed by atoms with Gasteiger partial charge < -0.3 is 10.6 Å². The number of hydrogen-bond acceptors (Lipinski definition) is 3. The SMILES string of the molecule is C[C@@H]1C[C@H]1C(=O)Nc1cccc(C(=O)Nc2cccc(Cn3cccn3)c2)c1. The number of hydrogen-bond donors (Lipinski definition) is 2. The fraction of sp³-hybridized carbons (Fsp3) is 0.227. The van der Waals surface area contributed by atoms with Gasteiger partial charge in [-0.15, -0.1) is 0 Å². The van der Waals surface area contributed by atoms with Crippen molar-refractivity contribution in [3.05, 3.63) is 78.1 Å². The Bertz CT molecular complexity index is 997.